The zero-order chi connectivity index (χ0) is 21.5. The maximum Gasteiger partial charge on any atom is 0.264 e. The van der Waals surface area contributed by atoms with E-state index in [1.807, 2.05) is 6.07 Å². The van der Waals surface area contributed by atoms with Crippen LogP contribution in [0.2, 0.25) is 10.0 Å². The molecule has 156 valence electrons. The van der Waals surface area contributed by atoms with Gasteiger partial charge in [0.05, 0.1) is 29.8 Å². The third-order valence-corrected chi connectivity index (χ3v) is 5.21. The number of para-hydroxylation sites is 2. The number of rotatable bonds is 8. The Morgan fingerprint density at radius 1 is 1.30 bits per heavy atom. The van der Waals surface area contributed by atoms with Gasteiger partial charge in [-0.15, -0.1) is 10.2 Å². The lowest BCUT2D eigenvalue weighted by Crippen LogP contribution is -2.17. The first-order valence-corrected chi connectivity index (χ1v) is 10.2. The number of carbonyl (C=O) groups is 1. The molecule has 0 saturated carbocycles. The lowest BCUT2D eigenvalue weighted by atomic mass is 10.2. The molecule has 0 spiro atoms. The van der Waals surface area contributed by atoms with E-state index in [0.717, 1.165) is 11.8 Å². The standard InChI is InChI=1S/C18H17Cl2N7O2S/c1-29-15-5-3-2-4-14(15)23-16(28)10-30-18-26-25-17(27(18)21)24-22-9-11-6-7-12(19)8-13(11)20/h2-9H,10,21H2,1H3,(H,23,28)(H,24,25)/b22-9+. The molecule has 4 N–H and O–H groups in total. The van der Waals surface area contributed by atoms with E-state index < -0.39 is 0 Å². The predicted octanol–water partition coefficient (Wildman–Crippen LogP) is 3.48. The lowest BCUT2D eigenvalue weighted by Gasteiger charge is -2.09. The van der Waals surface area contributed by atoms with Crippen LogP contribution in [0.15, 0.2) is 52.7 Å². The molecule has 0 radical (unpaired) electrons. The molecule has 2 aromatic carbocycles. The summed E-state index contributed by atoms with van der Waals surface area (Å²) in [6.07, 6.45) is 1.50. The van der Waals surface area contributed by atoms with Gasteiger partial charge in [0.2, 0.25) is 11.1 Å². The summed E-state index contributed by atoms with van der Waals surface area (Å²) >= 11 is 13.1. The number of nitrogens with zero attached hydrogens (tertiary/aromatic N) is 4. The van der Waals surface area contributed by atoms with Crippen LogP contribution in [-0.4, -0.2) is 39.9 Å². The number of hydrogen-bond acceptors (Lipinski definition) is 8. The number of ether oxygens (including phenoxy) is 1. The summed E-state index contributed by atoms with van der Waals surface area (Å²) in [5.41, 5.74) is 3.92. The molecule has 0 unspecified atom stereocenters. The Labute approximate surface area is 186 Å². The van der Waals surface area contributed by atoms with Crippen LogP contribution in [0.1, 0.15) is 5.56 Å². The number of aromatic nitrogens is 3. The monoisotopic (exact) mass is 465 g/mol. The largest absolute Gasteiger partial charge is 0.495 e. The van der Waals surface area contributed by atoms with Crippen molar-refractivity contribution in [3.05, 3.63) is 58.1 Å². The Kier molecular flexibility index (Phi) is 7.39. The number of nitrogens with two attached hydrogens (primary N) is 1. The van der Waals surface area contributed by atoms with E-state index in [0.29, 0.717) is 32.2 Å². The number of amides is 1. The molecule has 30 heavy (non-hydrogen) atoms. The van der Waals surface area contributed by atoms with Gasteiger partial charge in [0, 0.05) is 10.6 Å². The van der Waals surface area contributed by atoms with Crippen molar-refractivity contribution in [2.45, 2.75) is 5.16 Å². The van der Waals surface area contributed by atoms with Crippen LogP contribution in [0.3, 0.4) is 0 Å². The molecule has 0 aliphatic heterocycles. The second kappa shape index (κ2) is 10.2. The smallest absolute Gasteiger partial charge is 0.264 e. The normalized spacial score (nSPS) is 10.9. The highest BCUT2D eigenvalue weighted by atomic mass is 35.5. The molecule has 9 nitrogen and oxygen atoms in total. The van der Waals surface area contributed by atoms with Crippen molar-refractivity contribution in [2.75, 3.05) is 29.4 Å². The number of benzene rings is 2. The minimum absolute atomic E-state index is 0.0804. The van der Waals surface area contributed by atoms with Crippen LogP contribution in [0.25, 0.3) is 0 Å². The summed E-state index contributed by atoms with van der Waals surface area (Å²) in [6.45, 7) is 0. The third-order valence-electron chi connectivity index (χ3n) is 3.71. The van der Waals surface area contributed by atoms with Gasteiger partial charge in [-0.25, -0.2) is 10.1 Å². The first kappa shape index (κ1) is 21.8. The quantitative estimate of drug-likeness (QED) is 0.201. The van der Waals surface area contributed by atoms with Gasteiger partial charge in [-0.2, -0.15) is 5.10 Å². The first-order chi connectivity index (χ1) is 14.5. The van der Waals surface area contributed by atoms with Gasteiger partial charge in [0.1, 0.15) is 5.75 Å². The Morgan fingerprint density at radius 3 is 2.87 bits per heavy atom. The van der Waals surface area contributed by atoms with E-state index >= 15 is 0 Å². The maximum absolute atomic E-state index is 12.2. The average Bonchev–Trinajstić information content (AvgIpc) is 3.08. The zero-order valence-corrected chi connectivity index (χ0v) is 18.0. The molecule has 3 rings (SSSR count). The molecule has 0 bridgehead atoms. The highest BCUT2D eigenvalue weighted by Gasteiger charge is 2.13. The van der Waals surface area contributed by atoms with E-state index in [1.165, 1.54) is 18.0 Å². The second-order valence-corrected chi connectivity index (χ2v) is 7.54. The van der Waals surface area contributed by atoms with Gasteiger partial charge < -0.3 is 15.9 Å². The van der Waals surface area contributed by atoms with Crippen molar-refractivity contribution < 1.29 is 9.53 Å². The fourth-order valence-corrected chi connectivity index (χ4v) is 3.40. The van der Waals surface area contributed by atoms with Crippen LogP contribution in [-0.2, 0) is 4.79 Å². The van der Waals surface area contributed by atoms with Gasteiger partial charge in [-0.05, 0) is 24.3 Å². The zero-order valence-electron chi connectivity index (χ0n) is 15.7. The SMILES string of the molecule is COc1ccccc1NC(=O)CSc1nnc(N/N=C/c2ccc(Cl)cc2Cl)n1N. The van der Waals surface area contributed by atoms with E-state index in [4.69, 9.17) is 33.8 Å². The number of thioether (sulfide) groups is 1. The number of nitrogens with one attached hydrogen (secondary N) is 2. The van der Waals surface area contributed by atoms with Crippen LogP contribution in [0.4, 0.5) is 11.6 Å². The Morgan fingerprint density at radius 2 is 2.10 bits per heavy atom. The summed E-state index contributed by atoms with van der Waals surface area (Å²) in [6, 6.07) is 12.2. The van der Waals surface area contributed by atoms with Gasteiger partial charge in [0.25, 0.3) is 5.95 Å². The number of nitrogen functional groups attached to an aromatic ring is 1. The highest BCUT2D eigenvalue weighted by molar-refractivity contribution is 7.99. The van der Waals surface area contributed by atoms with Crippen molar-refractivity contribution >= 4 is 58.7 Å². The van der Waals surface area contributed by atoms with Crippen LogP contribution in [0, 0.1) is 0 Å². The molecule has 0 saturated heterocycles. The fraction of sp³-hybridized carbons (Fsp3) is 0.111. The van der Waals surface area contributed by atoms with Gasteiger partial charge in [-0.3, -0.25) is 4.79 Å². The number of hydrogen-bond donors (Lipinski definition) is 3. The summed E-state index contributed by atoms with van der Waals surface area (Å²) in [5, 5.41) is 16.0. The van der Waals surface area contributed by atoms with Gasteiger partial charge in [0.15, 0.2) is 0 Å². The first-order valence-electron chi connectivity index (χ1n) is 8.48. The second-order valence-electron chi connectivity index (χ2n) is 5.75. The van der Waals surface area contributed by atoms with Crippen LogP contribution < -0.4 is 21.3 Å². The summed E-state index contributed by atoms with van der Waals surface area (Å²) < 4.78 is 6.41. The Balaban J connectivity index is 1.56. The van der Waals surface area contributed by atoms with Gasteiger partial charge >= 0.3 is 0 Å². The third kappa shape index (κ3) is 5.56. The molecule has 0 aliphatic rings. The number of methoxy groups -OCH3 is 1. The molecule has 1 amide bonds. The van der Waals surface area contributed by atoms with E-state index in [9.17, 15) is 4.79 Å². The molecule has 3 aromatic rings. The van der Waals surface area contributed by atoms with Crippen molar-refractivity contribution in [3.63, 3.8) is 0 Å². The van der Waals surface area contributed by atoms with Crippen molar-refractivity contribution in [3.8, 4) is 5.75 Å². The van der Waals surface area contributed by atoms with Gasteiger partial charge in [-0.1, -0.05) is 53.2 Å². The number of anilines is 2. The molecule has 0 fully saturated rings. The molecule has 0 aliphatic carbocycles. The van der Waals surface area contributed by atoms with Crippen LogP contribution >= 0.6 is 35.0 Å². The minimum atomic E-state index is -0.239. The molecule has 12 heteroatoms. The highest BCUT2D eigenvalue weighted by Crippen LogP contribution is 2.24. The minimum Gasteiger partial charge on any atom is -0.495 e. The summed E-state index contributed by atoms with van der Waals surface area (Å²) in [4.78, 5) is 12.2. The molecular weight excluding hydrogens is 449 g/mol. The maximum atomic E-state index is 12.2. The topological polar surface area (TPSA) is 119 Å². The molecule has 1 aromatic heterocycles. The molecule has 1 heterocycles. The summed E-state index contributed by atoms with van der Waals surface area (Å²) in [7, 11) is 1.54. The van der Waals surface area contributed by atoms with E-state index in [-0.39, 0.29) is 17.6 Å². The van der Waals surface area contributed by atoms with Crippen molar-refractivity contribution in [2.24, 2.45) is 5.10 Å². The predicted molar refractivity (Wildman–Crippen MR) is 120 cm³/mol. The Hall–Kier alpha value is -2.95. The Bertz CT molecular complexity index is 1070. The van der Waals surface area contributed by atoms with Crippen molar-refractivity contribution in [1.82, 2.24) is 14.9 Å². The molecule has 0 atom stereocenters. The lowest BCUT2D eigenvalue weighted by molar-refractivity contribution is -0.113. The fourth-order valence-electron chi connectivity index (χ4n) is 2.28. The number of hydrazone groups is 1. The van der Waals surface area contributed by atoms with E-state index in [1.54, 1.807) is 36.4 Å². The number of carbonyl (C=O) groups excluding carboxylic acids is 1. The average molecular weight is 466 g/mol. The molecular formula is C18H17Cl2N7O2S. The van der Waals surface area contributed by atoms with E-state index in [2.05, 4.69) is 26.0 Å². The van der Waals surface area contributed by atoms with Crippen molar-refractivity contribution in [1.29, 1.82) is 0 Å². The van der Waals surface area contributed by atoms with Crippen LogP contribution in [0.5, 0.6) is 5.75 Å². The number of halogens is 2. The summed E-state index contributed by atoms with van der Waals surface area (Å²) in [5.74, 6) is 6.57.